The number of carbonyl (C=O) groups excluding carboxylic acids is 1. The minimum absolute atomic E-state index is 0.0489. The van der Waals surface area contributed by atoms with E-state index in [1.807, 2.05) is 11.8 Å². The Morgan fingerprint density at radius 3 is 2.76 bits per heavy atom. The van der Waals surface area contributed by atoms with E-state index in [1.54, 1.807) is 30.0 Å². The number of carbonyl (C=O) groups is 1. The van der Waals surface area contributed by atoms with Crippen LogP contribution in [0.2, 0.25) is 0 Å². The van der Waals surface area contributed by atoms with Crippen LogP contribution in [0, 0.1) is 5.82 Å². The average Bonchev–Trinajstić information content (AvgIpc) is 2.38. The van der Waals surface area contributed by atoms with Crippen molar-refractivity contribution in [2.45, 2.75) is 23.8 Å². The van der Waals surface area contributed by atoms with Crippen LogP contribution in [0.15, 0.2) is 24.3 Å². The largest absolute Gasteiger partial charge is 0.293 e. The van der Waals surface area contributed by atoms with E-state index in [0.717, 1.165) is 17.9 Å². The maximum Gasteiger partial charge on any atom is 0.179 e. The summed E-state index contributed by atoms with van der Waals surface area (Å²) in [5, 5.41) is 0.233. The number of rotatable bonds is 3. The van der Waals surface area contributed by atoms with Gasteiger partial charge in [0.1, 0.15) is 5.82 Å². The molecule has 1 nitrogen and oxygen atoms in total. The molecule has 92 valence electrons. The van der Waals surface area contributed by atoms with Crippen molar-refractivity contribution in [1.82, 2.24) is 0 Å². The van der Waals surface area contributed by atoms with Gasteiger partial charge in [-0.2, -0.15) is 11.8 Å². The first-order valence-electron chi connectivity index (χ1n) is 5.76. The van der Waals surface area contributed by atoms with Crippen LogP contribution in [0.5, 0.6) is 0 Å². The molecule has 0 aliphatic carbocycles. The molecule has 0 spiro atoms. The summed E-state index contributed by atoms with van der Waals surface area (Å²) in [6, 6.07) is 6.28. The summed E-state index contributed by atoms with van der Waals surface area (Å²) in [7, 11) is 0. The summed E-state index contributed by atoms with van der Waals surface area (Å²) in [6.07, 6.45) is 0.961. The lowest BCUT2D eigenvalue weighted by atomic mass is 10.0. The first-order chi connectivity index (χ1) is 8.24. The van der Waals surface area contributed by atoms with Crippen LogP contribution >= 0.6 is 23.5 Å². The lowest BCUT2D eigenvalue weighted by Gasteiger charge is -2.28. The molecule has 0 aromatic heterocycles. The molecule has 0 saturated carbocycles. The van der Waals surface area contributed by atoms with Gasteiger partial charge in [-0.05, 0) is 18.6 Å². The second-order valence-electron chi connectivity index (χ2n) is 3.95. The molecule has 4 heteroatoms. The zero-order chi connectivity index (χ0) is 12.3. The van der Waals surface area contributed by atoms with Gasteiger partial charge in [0.15, 0.2) is 5.78 Å². The summed E-state index contributed by atoms with van der Waals surface area (Å²) in [4.78, 5) is 12.3. The Bertz CT molecular complexity index is 408. The molecule has 1 aliphatic rings. The third-order valence-corrected chi connectivity index (χ3v) is 6.10. The highest BCUT2D eigenvalue weighted by atomic mass is 32.2. The third-order valence-electron chi connectivity index (χ3n) is 2.85. The highest BCUT2D eigenvalue weighted by Gasteiger charge is 2.32. The fourth-order valence-corrected chi connectivity index (χ4v) is 4.98. The molecule has 2 atom stereocenters. The molecule has 1 fully saturated rings. The summed E-state index contributed by atoms with van der Waals surface area (Å²) < 4.78 is 13.6. The lowest BCUT2D eigenvalue weighted by Crippen LogP contribution is -2.33. The van der Waals surface area contributed by atoms with Crippen LogP contribution in [0.25, 0.3) is 0 Å². The molecule has 1 aliphatic heterocycles. The van der Waals surface area contributed by atoms with Crippen LogP contribution in [0.4, 0.5) is 4.39 Å². The highest BCUT2D eigenvalue weighted by Crippen LogP contribution is 2.35. The van der Waals surface area contributed by atoms with E-state index < -0.39 is 5.82 Å². The van der Waals surface area contributed by atoms with Gasteiger partial charge >= 0.3 is 0 Å². The molecule has 1 saturated heterocycles. The Balaban J connectivity index is 2.21. The van der Waals surface area contributed by atoms with Gasteiger partial charge in [-0.15, -0.1) is 11.8 Å². The molecule has 1 heterocycles. The number of hydrogen-bond acceptors (Lipinski definition) is 3. The molecule has 0 bridgehead atoms. The van der Waals surface area contributed by atoms with E-state index in [0.29, 0.717) is 5.25 Å². The van der Waals surface area contributed by atoms with E-state index in [9.17, 15) is 9.18 Å². The van der Waals surface area contributed by atoms with Gasteiger partial charge in [0, 0.05) is 16.8 Å². The van der Waals surface area contributed by atoms with Crippen molar-refractivity contribution in [3.63, 3.8) is 0 Å². The van der Waals surface area contributed by atoms with Crippen molar-refractivity contribution < 1.29 is 9.18 Å². The van der Waals surface area contributed by atoms with Gasteiger partial charge in [0.2, 0.25) is 0 Å². The predicted octanol–water partition coefficient (Wildman–Crippen LogP) is 3.64. The fourth-order valence-electron chi connectivity index (χ4n) is 1.96. The second-order valence-corrected chi connectivity index (χ2v) is 6.55. The van der Waals surface area contributed by atoms with Gasteiger partial charge in [-0.1, -0.05) is 19.1 Å². The monoisotopic (exact) mass is 270 g/mol. The summed E-state index contributed by atoms with van der Waals surface area (Å²) >= 11 is 3.51. The Hall–Kier alpha value is -0.480. The molecular formula is C13H15FOS2. The van der Waals surface area contributed by atoms with Gasteiger partial charge in [0.05, 0.1) is 10.8 Å². The van der Waals surface area contributed by atoms with Crippen LogP contribution in [0.3, 0.4) is 0 Å². The normalized spacial score (nSPS) is 24.6. The maximum absolute atomic E-state index is 13.6. The number of benzene rings is 1. The Labute approximate surface area is 110 Å². The van der Waals surface area contributed by atoms with Crippen molar-refractivity contribution in [3.05, 3.63) is 35.6 Å². The maximum atomic E-state index is 13.6. The number of ketones is 1. The topological polar surface area (TPSA) is 17.1 Å². The van der Waals surface area contributed by atoms with Crippen molar-refractivity contribution in [2.24, 2.45) is 0 Å². The summed E-state index contributed by atoms with van der Waals surface area (Å²) in [5.41, 5.74) is 0.242. The van der Waals surface area contributed by atoms with E-state index in [-0.39, 0.29) is 16.6 Å². The summed E-state index contributed by atoms with van der Waals surface area (Å²) in [5.74, 6) is 1.62. The Morgan fingerprint density at radius 2 is 2.06 bits per heavy atom. The van der Waals surface area contributed by atoms with Crippen LogP contribution in [-0.2, 0) is 0 Å². The molecule has 0 amide bonds. The van der Waals surface area contributed by atoms with E-state index in [1.165, 1.54) is 6.07 Å². The molecule has 1 aromatic rings. The minimum Gasteiger partial charge on any atom is -0.293 e. The quantitative estimate of drug-likeness (QED) is 0.781. The van der Waals surface area contributed by atoms with E-state index in [4.69, 9.17) is 0 Å². The lowest BCUT2D eigenvalue weighted by molar-refractivity contribution is 0.0984. The van der Waals surface area contributed by atoms with Crippen molar-refractivity contribution in [1.29, 1.82) is 0 Å². The van der Waals surface area contributed by atoms with Gasteiger partial charge in [-0.25, -0.2) is 4.39 Å². The number of thioether (sulfide) groups is 2. The average molecular weight is 270 g/mol. The van der Waals surface area contributed by atoms with Crippen LogP contribution in [0.1, 0.15) is 23.7 Å². The zero-order valence-electron chi connectivity index (χ0n) is 9.69. The Kier molecular flexibility index (Phi) is 4.51. The predicted molar refractivity (Wildman–Crippen MR) is 73.5 cm³/mol. The summed E-state index contributed by atoms with van der Waals surface area (Å²) in [6.45, 7) is 2.09. The molecule has 1 aromatic carbocycles. The van der Waals surface area contributed by atoms with Crippen LogP contribution in [-0.4, -0.2) is 27.8 Å². The molecule has 17 heavy (non-hydrogen) atoms. The number of halogens is 1. The smallest absolute Gasteiger partial charge is 0.179 e. The number of hydrogen-bond donors (Lipinski definition) is 0. The Morgan fingerprint density at radius 1 is 1.35 bits per heavy atom. The van der Waals surface area contributed by atoms with E-state index in [2.05, 4.69) is 6.92 Å². The van der Waals surface area contributed by atoms with Gasteiger partial charge in [-0.3, -0.25) is 4.79 Å². The molecule has 2 unspecified atom stereocenters. The minimum atomic E-state index is -0.400. The van der Waals surface area contributed by atoms with Crippen LogP contribution < -0.4 is 0 Å². The molecule has 2 rings (SSSR count). The molecule has 0 N–H and O–H groups in total. The number of Topliss-reactive ketones (excluding diaryl/α,β-unsaturated/α-hetero) is 1. The third kappa shape index (κ3) is 2.86. The standard InChI is InChI=1S/C13H15FOS2/c1-2-11-13(17-8-7-16-11)12(15)9-5-3-4-6-10(9)14/h3-6,11,13H,2,7-8H2,1H3. The van der Waals surface area contributed by atoms with Gasteiger partial charge < -0.3 is 0 Å². The zero-order valence-corrected chi connectivity index (χ0v) is 11.3. The van der Waals surface area contributed by atoms with Gasteiger partial charge in [0.25, 0.3) is 0 Å². The fraction of sp³-hybridized carbons (Fsp3) is 0.462. The highest BCUT2D eigenvalue weighted by molar-refractivity contribution is 8.07. The van der Waals surface area contributed by atoms with Crippen molar-refractivity contribution in [3.8, 4) is 0 Å². The first kappa shape index (κ1) is 13.0. The second kappa shape index (κ2) is 5.91. The molecular weight excluding hydrogens is 255 g/mol. The van der Waals surface area contributed by atoms with Crippen molar-refractivity contribution in [2.75, 3.05) is 11.5 Å². The van der Waals surface area contributed by atoms with Crippen molar-refractivity contribution >= 4 is 29.3 Å². The van der Waals surface area contributed by atoms with E-state index >= 15 is 0 Å². The molecule has 0 radical (unpaired) electrons. The first-order valence-corrected chi connectivity index (χ1v) is 7.85. The SMILES string of the molecule is CCC1SCCSC1C(=O)c1ccccc1F.